The number of aromatic nitrogens is 6. The first-order chi connectivity index (χ1) is 16.2. The normalized spacial score (nSPS) is 11.1. The number of ether oxygens (including phenoxy) is 1. The number of hydrogen-bond donors (Lipinski definition) is 1. The molecule has 0 amide bonds. The number of nitrogens with zero attached hydrogens (tertiary/aromatic N) is 6. The lowest BCUT2D eigenvalue weighted by Gasteiger charge is -2.08. The number of fused-ring (bicyclic) bond motifs is 1. The quantitative estimate of drug-likeness (QED) is 0.370. The van der Waals surface area contributed by atoms with Gasteiger partial charge in [0.25, 0.3) is 0 Å². The summed E-state index contributed by atoms with van der Waals surface area (Å²) in [5.74, 6) is 1.44. The molecule has 5 rings (SSSR count). The summed E-state index contributed by atoms with van der Waals surface area (Å²) in [5.41, 5.74) is 3.99. The fourth-order valence-corrected chi connectivity index (χ4v) is 3.90. The van der Waals surface area contributed by atoms with Gasteiger partial charge in [-0.3, -0.25) is 9.36 Å². The van der Waals surface area contributed by atoms with E-state index in [0.29, 0.717) is 23.8 Å². The summed E-state index contributed by atoms with van der Waals surface area (Å²) in [5, 5.41) is 13.7. The first-order valence-corrected chi connectivity index (χ1v) is 10.8. The molecular weight excluding hydrogens is 438 g/mol. The highest BCUT2D eigenvalue weighted by atomic mass is 35.5. The molecule has 0 bridgehead atoms. The summed E-state index contributed by atoms with van der Waals surface area (Å²) in [6.45, 7) is 1.94. The van der Waals surface area contributed by atoms with Crippen molar-refractivity contribution in [2.24, 2.45) is 0 Å². The fraction of sp³-hybridized carbons (Fsp3) is 0.167. The highest BCUT2D eigenvalue weighted by Gasteiger charge is 2.10. The monoisotopic (exact) mass is 459 g/mol. The van der Waals surface area contributed by atoms with E-state index >= 15 is 0 Å². The maximum absolute atomic E-state index is 6.18. The van der Waals surface area contributed by atoms with Crippen LogP contribution >= 0.6 is 11.6 Å². The summed E-state index contributed by atoms with van der Waals surface area (Å²) < 4.78 is 9.08. The molecule has 9 heteroatoms. The van der Waals surface area contributed by atoms with Crippen molar-refractivity contribution in [2.75, 3.05) is 12.4 Å². The van der Waals surface area contributed by atoms with E-state index in [1.165, 1.54) is 11.9 Å². The Morgan fingerprint density at radius 1 is 0.970 bits per heavy atom. The molecule has 0 aliphatic carbocycles. The van der Waals surface area contributed by atoms with Gasteiger partial charge in [-0.05, 0) is 41.0 Å². The third kappa shape index (κ3) is 4.96. The summed E-state index contributed by atoms with van der Waals surface area (Å²) in [6, 6.07) is 16.0. The van der Waals surface area contributed by atoms with Gasteiger partial charge in [0.15, 0.2) is 5.65 Å². The molecule has 33 heavy (non-hydrogen) atoms. The van der Waals surface area contributed by atoms with Crippen LogP contribution in [0, 0.1) is 0 Å². The van der Waals surface area contributed by atoms with Crippen LogP contribution in [0.2, 0.25) is 5.02 Å². The molecule has 1 N–H and O–H groups in total. The molecule has 0 spiro atoms. The lowest BCUT2D eigenvalue weighted by Crippen LogP contribution is -2.02. The summed E-state index contributed by atoms with van der Waals surface area (Å²) >= 11 is 6.18. The average Bonchev–Trinajstić information content (AvgIpc) is 3.48. The van der Waals surface area contributed by atoms with Gasteiger partial charge in [-0.1, -0.05) is 35.9 Å². The molecule has 2 aromatic carbocycles. The van der Waals surface area contributed by atoms with Gasteiger partial charge in [-0.2, -0.15) is 10.2 Å². The SMILES string of the molecule is COc1cc(Cl)cc(CNc2ncnc3nn(Cc4ccc(Cn5cccn5)cc4)cc23)c1. The van der Waals surface area contributed by atoms with E-state index in [2.05, 4.69) is 49.7 Å². The van der Waals surface area contributed by atoms with Crippen LogP contribution in [0.5, 0.6) is 5.75 Å². The predicted octanol–water partition coefficient (Wildman–Crippen LogP) is 4.39. The first kappa shape index (κ1) is 21.0. The van der Waals surface area contributed by atoms with E-state index in [9.17, 15) is 0 Å². The maximum Gasteiger partial charge on any atom is 0.186 e. The van der Waals surface area contributed by atoms with Gasteiger partial charge in [0.05, 0.1) is 25.6 Å². The van der Waals surface area contributed by atoms with Gasteiger partial charge >= 0.3 is 0 Å². The van der Waals surface area contributed by atoms with Crippen LogP contribution in [0.1, 0.15) is 16.7 Å². The summed E-state index contributed by atoms with van der Waals surface area (Å²) in [4.78, 5) is 8.73. The smallest absolute Gasteiger partial charge is 0.186 e. The highest BCUT2D eigenvalue weighted by Crippen LogP contribution is 2.23. The number of rotatable bonds is 8. The first-order valence-electron chi connectivity index (χ1n) is 10.5. The van der Waals surface area contributed by atoms with Gasteiger partial charge in [0.1, 0.15) is 17.9 Å². The molecule has 3 aromatic heterocycles. The van der Waals surface area contributed by atoms with E-state index in [4.69, 9.17) is 16.3 Å². The molecule has 0 saturated heterocycles. The van der Waals surface area contributed by atoms with Crippen molar-refractivity contribution >= 4 is 28.5 Å². The van der Waals surface area contributed by atoms with Crippen molar-refractivity contribution in [1.82, 2.24) is 29.5 Å². The predicted molar refractivity (Wildman–Crippen MR) is 128 cm³/mol. The minimum atomic E-state index is 0.548. The van der Waals surface area contributed by atoms with Gasteiger partial charge < -0.3 is 10.1 Å². The summed E-state index contributed by atoms with van der Waals surface area (Å²) in [6.07, 6.45) is 7.23. The van der Waals surface area contributed by atoms with Crippen LogP contribution in [0.3, 0.4) is 0 Å². The average molecular weight is 460 g/mol. The Hall–Kier alpha value is -3.91. The van der Waals surface area contributed by atoms with E-state index in [0.717, 1.165) is 34.6 Å². The largest absolute Gasteiger partial charge is 0.497 e. The second-order valence-electron chi connectivity index (χ2n) is 7.66. The zero-order chi connectivity index (χ0) is 22.6. The van der Waals surface area contributed by atoms with Crippen molar-refractivity contribution in [3.8, 4) is 5.75 Å². The van der Waals surface area contributed by atoms with E-state index in [1.54, 1.807) is 19.4 Å². The van der Waals surface area contributed by atoms with Crippen LogP contribution in [-0.4, -0.2) is 36.6 Å². The number of halogens is 1. The van der Waals surface area contributed by atoms with Crippen molar-refractivity contribution in [3.05, 3.63) is 95.2 Å². The molecule has 8 nitrogen and oxygen atoms in total. The van der Waals surface area contributed by atoms with Gasteiger partial charge in [0.2, 0.25) is 0 Å². The standard InChI is InChI=1S/C24H22ClN7O/c1-33-21-10-19(9-20(25)11-21)12-26-23-22-15-32(30-24(22)28-16-27-23)14-18-5-3-17(4-6-18)13-31-8-2-7-29-31/h2-11,15-16H,12-14H2,1H3,(H,26,27,28,30). The fourth-order valence-electron chi connectivity index (χ4n) is 3.65. The Kier molecular flexibility index (Phi) is 5.91. The van der Waals surface area contributed by atoms with Crippen LogP contribution < -0.4 is 10.1 Å². The van der Waals surface area contributed by atoms with Crippen molar-refractivity contribution in [2.45, 2.75) is 19.6 Å². The zero-order valence-corrected chi connectivity index (χ0v) is 18.8. The van der Waals surface area contributed by atoms with Crippen LogP contribution in [0.25, 0.3) is 11.0 Å². The van der Waals surface area contributed by atoms with Crippen LogP contribution in [0.4, 0.5) is 5.82 Å². The number of nitrogens with one attached hydrogen (secondary N) is 1. The topological polar surface area (TPSA) is 82.7 Å². The van der Waals surface area contributed by atoms with Crippen molar-refractivity contribution < 1.29 is 4.74 Å². The lowest BCUT2D eigenvalue weighted by atomic mass is 10.1. The molecule has 0 aliphatic rings. The van der Waals surface area contributed by atoms with Crippen LogP contribution in [-0.2, 0) is 19.6 Å². The molecule has 0 fully saturated rings. The zero-order valence-electron chi connectivity index (χ0n) is 18.0. The van der Waals surface area contributed by atoms with Gasteiger partial charge in [0, 0.05) is 30.2 Å². The molecule has 3 heterocycles. The Bertz CT molecular complexity index is 1360. The van der Waals surface area contributed by atoms with Crippen molar-refractivity contribution in [3.63, 3.8) is 0 Å². The molecular formula is C24H22ClN7O. The van der Waals surface area contributed by atoms with E-state index < -0.39 is 0 Å². The number of anilines is 1. The Morgan fingerprint density at radius 2 is 1.76 bits per heavy atom. The Morgan fingerprint density at radius 3 is 2.48 bits per heavy atom. The lowest BCUT2D eigenvalue weighted by molar-refractivity contribution is 0.414. The molecule has 5 aromatic rings. The third-order valence-corrected chi connectivity index (χ3v) is 5.48. The van der Waals surface area contributed by atoms with E-state index in [-0.39, 0.29) is 0 Å². The second kappa shape index (κ2) is 9.30. The maximum atomic E-state index is 6.18. The number of hydrogen-bond acceptors (Lipinski definition) is 6. The molecule has 0 radical (unpaired) electrons. The Labute approximate surface area is 195 Å². The second-order valence-corrected chi connectivity index (χ2v) is 8.10. The van der Waals surface area contributed by atoms with E-state index in [1.807, 2.05) is 40.0 Å². The van der Waals surface area contributed by atoms with Crippen LogP contribution in [0.15, 0.2) is 73.4 Å². The highest BCUT2D eigenvalue weighted by molar-refractivity contribution is 6.30. The van der Waals surface area contributed by atoms with Gasteiger partial charge in [-0.25, -0.2) is 9.97 Å². The van der Waals surface area contributed by atoms with Gasteiger partial charge in [-0.15, -0.1) is 0 Å². The molecule has 0 unspecified atom stereocenters. The number of methoxy groups -OCH3 is 1. The minimum Gasteiger partial charge on any atom is -0.497 e. The summed E-state index contributed by atoms with van der Waals surface area (Å²) in [7, 11) is 1.62. The Balaban J connectivity index is 1.30. The minimum absolute atomic E-state index is 0.548. The third-order valence-electron chi connectivity index (χ3n) is 5.26. The molecule has 0 saturated carbocycles. The van der Waals surface area contributed by atoms with Crippen molar-refractivity contribution in [1.29, 1.82) is 0 Å². The molecule has 0 aliphatic heterocycles. The molecule has 166 valence electrons. The number of benzene rings is 2. The molecule has 0 atom stereocenters.